The fourth-order valence-electron chi connectivity index (χ4n) is 5.60. The number of ketones is 1. The topological polar surface area (TPSA) is 52.6 Å². The molecule has 2 aliphatic carbocycles. The SMILES string of the molecule is COCC(=CC(=O)OC)CCC1C(C)=CC(=O)C2C(C)(C)CCCC12C. The molecule has 0 saturated heterocycles. The maximum atomic E-state index is 12.9. The minimum absolute atomic E-state index is 0.0128. The summed E-state index contributed by atoms with van der Waals surface area (Å²) in [5.74, 6) is 0.384. The summed E-state index contributed by atoms with van der Waals surface area (Å²) < 4.78 is 10.0. The van der Waals surface area contributed by atoms with Crippen LogP contribution in [0.5, 0.6) is 0 Å². The fraction of sp³-hybridized carbons (Fsp3) is 0.727. The van der Waals surface area contributed by atoms with Crippen molar-refractivity contribution in [1.82, 2.24) is 0 Å². The standard InChI is InChI=1S/C22H34O4/c1-15-12-18(23)20-21(2,3)10-7-11-22(20,4)17(15)9-8-16(14-25-5)13-19(24)26-6/h12-13,17,20H,7-11,14H2,1-6H3. The first kappa shape index (κ1) is 20.9. The summed E-state index contributed by atoms with van der Waals surface area (Å²) in [5, 5.41) is 0. The zero-order chi connectivity index (χ0) is 19.5. The number of methoxy groups -OCH3 is 2. The van der Waals surface area contributed by atoms with Gasteiger partial charge in [0.2, 0.25) is 0 Å². The average Bonchev–Trinajstić information content (AvgIpc) is 2.52. The minimum atomic E-state index is -0.342. The average molecular weight is 363 g/mol. The summed E-state index contributed by atoms with van der Waals surface area (Å²) in [6, 6.07) is 0. The predicted octanol–water partition coefficient (Wildman–Crippen LogP) is 4.49. The van der Waals surface area contributed by atoms with Crippen molar-refractivity contribution in [3.63, 3.8) is 0 Å². The molecule has 0 heterocycles. The van der Waals surface area contributed by atoms with Gasteiger partial charge in [-0.1, -0.05) is 32.8 Å². The van der Waals surface area contributed by atoms with Gasteiger partial charge in [-0.05, 0) is 61.0 Å². The van der Waals surface area contributed by atoms with E-state index in [1.807, 2.05) is 6.08 Å². The second kappa shape index (κ2) is 8.08. The Morgan fingerprint density at radius 2 is 1.96 bits per heavy atom. The zero-order valence-electron chi connectivity index (χ0n) is 17.2. The summed E-state index contributed by atoms with van der Waals surface area (Å²) in [6.07, 6.45) is 8.48. The first-order chi connectivity index (χ1) is 12.2. The van der Waals surface area contributed by atoms with E-state index in [4.69, 9.17) is 9.47 Å². The van der Waals surface area contributed by atoms with Gasteiger partial charge in [0, 0.05) is 19.1 Å². The third-order valence-electron chi connectivity index (χ3n) is 6.58. The summed E-state index contributed by atoms with van der Waals surface area (Å²) >= 11 is 0. The second-order valence-electron chi connectivity index (χ2n) is 8.92. The van der Waals surface area contributed by atoms with Crippen LogP contribution in [0.2, 0.25) is 0 Å². The van der Waals surface area contributed by atoms with Crippen LogP contribution in [0, 0.1) is 22.7 Å². The normalized spacial score (nSPS) is 31.2. The summed E-state index contributed by atoms with van der Waals surface area (Å²) in [6.45, 7) is 9.30. The Balaban J connectivity index is 2.27. The van der Waals surface area contributed by atoms with Gasteiger partial charge in [0.15, 0.2) is 5.78 Å². The molecule has 3 atom stereocenters. The molecule has 0 aliphatic heterocycles. The van der Waals surface area contributed by atoms with Gasteiger partial charge in [-0.2, -0.15) is 0 Å². The highest BCUT2D eigenvalue weighted by Gasteiger charge is 2.55. The fourth-order valence-corrected chi connectivity index (χ4v) is 5.60. The minimum Gasteiger partial charge on any atom is -0.466 e. The van der Waals surface area contributed by atoms with E-state index in [0.29, 0.717) is 18.3 Å². The number of allylic oxidation sites excluding steroid dienone is 2. The van der Waals surface area contributed by atoms with Gasteiger partial charge in [0.05, 0.1) is 13.7 Å². The number of carbonyl (C=O) groups is 2. The number of hydrogen-bond donors (Lipinski definition) is 0. The van der Waals surface area contributed by atoms with Gasteiger partial charge in [-0.15, -0.1) is 0 Å². The Bertz CT molecular complexity index is 614. The van der Waals surface area contributed by atoms with Crippen LogP contribution in [0.15, 0.2) is 23.3 Å². The third-order valence-corrected chi connectivity index (χ3v) is 6.58. The molecule has 4 nitrogen and oxygen atoms in total. The van der Waals surface area contributed by atoms with E-state index in [2.05, 4.69) is 27.7 Å². The van der Waals surface area contributed by atoms with Crippen LogP contribution in [0.25, 0.3) is 0 Å². The van der Waals surface area contributed by atoms with Crippen LogP contribution >= 0.6 is 0 Å². The zero-order valence-corrected chi connectivity index (χ0v) is 17.2. The van der Waals surface area contributed by atoms with E-state index in [1.54, 1.807) is 13.2 Å². The number of hydrogen-bond acceptors (Lipinski definition) is 4. The molecule has 2 rings (SSSR count). The van der Waals surface area contributed by atoms with E-state index < -0.39 is 0 Å². The Labute approximate surface area is 158 Å². The quantitative estimate of drug-likeness (QED) is 0.516. The molecular weight excluding hydrogens is 328 g/mol. The molecule has 3 unspecified atom stereocenters. The number of rotatable bonds is 6. The van der Waals surface area contributed by atoms with E-state index >= 15 is 0 Å². The molecule has 4 heteroatoms. The van der Waals surface area contributed by atoms with Crippen molar-refractivity contribution >= 4 is 11.8 Å². The van der Waals surface area contributed by atoms with Gasteiger partial charge in [-0.25, -0.2) is 4.79 Å². The van der Waals surface area contributed by atoms with Gasteiger partial charge in [0.25, 0.3) is 0 Å². The van der Waals surface area contributed by atoms with Gasteiger partial charge in [0.1, 0.15) is 0 Å². The molecule has 1 fully saturated rings. The van der Waals surface area contributed by atoms with Crippen molar-refractivity contribution in [1.29, 1.82) is 0 Å². The largest absolute Gasteiger partial charge is 0.466 e. The van der Waals surface area contributed by atoms with Crippen molar-refractivity contribution in [2.75, 3.05) is 20.8 Å². The summed E-state index contributed by atoms with van der Waals surface area (Å²) in [5.41, 5.74) is 2.15. The molecule has 0 aromatic heterocycles. The number of carbonyl (C=O) groups excluding carboxylic acids is 2. The van der Waals surface area contributed by atoms with Crippen LogP contribution in [0.4, 0.5) is 0 Å². The Kier molecular flexibility index (Phi) is 6.49. The lowest BCUT2D eigenvalue weighted by molar-refractivity contribution is -0.136. The highest BCUT2D eigenvalue weighted by molar-refractivity contribution is 5.95. The molecular formula is C22H34O4. The molecule has 0 spiro atoms. The molecule has 0 N–H and O–H groups in total. The van der Waals surface area contributed by atoms with E-state index in [0.717, 1.165) is 31.3 Å². The van der Waals surface area contributed by atoms with E-state index in [9.17, 15) is 9.59 Å². The molecule has 146 valence electrons. The smallest absolute Gasteiger partial charge is 0.330 e. The van der Waals surface area contributed by atoms with Crippen molar-refractivity contribution in [2.24, 2.45) is 22.7 Å². The second-order valence-corrected chi connectivity index (χ2v) is 8.92. The van der Waals surface area contributed by atoms with Crippen molar-refractivity contribution in [2.45, 2.75) is 59.8 Å². The van der Waals surface area contributed by atoms with Crippen LogP contribution in [-0.2, 0) is 19.1 Å². The third kappa shape index (κ3) is 4.11. The Morgan fingerprint density at radius 1 is 1.27 bits per heavy atom. The highest BCUT2D eigenvalue weighted by atomic mass is 16.5. The number of esters is 1. The molecule has 26 heavy (non-hydrogen) atoms. The van der Waals surface area contributed by atoms with E-state index in [-0.39, 0.29) is 22.7 Å². The molecule has 0 amide bonds. The van der Waals surface area contributed by atoms with Crippen molar-refractivity contribution in [3.8, 4) is 0 Å². The predicted molar refractivity (Wildman–Crippen MR) is 103 cm³/mol. The number of ether oxygens (including phenoxy) is 2. The van der Waals surface area contributed by atoms with Gasteiger partial charge >= 0.3 is 5.97 Å². The molecule has 0 aromatic carbocycles. The highest BCUT2D eigenvalue weighted by Crippen LogP contribution is 2.59. The first-order valence-electron chi connectivity index (χ1n) is 9.64. The molecule has 0 radical (unpaired) electrons. The summed E-state index contributed by atoms with van der Waals surface area (Å²) in [4.78, 5) is 24.5. The lowest BCUT2D eigenvalue weighted by Crippen LogP contribution is -2.52. The Hall–Kier alpha value is -1.42. The lowest BCUT2D eigenvalue weighted by Gasteiger charge is -2.55. The van der Waals surface area contributed by atoms with Gasteiger partial charge < -0.3 is 9.47 Å². The van der Waals surface area contributed by atoms with Crippen LogP contribution in [0.1, 0.15) is 59.8 Å². The Morgan fingerprint density at radius 3 is 2.58 bits per heavy atom. The van der Waals surface area contributed by atoms with E-state index in [1.165, 1.54) is 19.1 Å². The monoisotopic (exact) mass is 362 g/mol. The number of fused-ring (bicyclic) bond motifs is 1. The van der Waals surface area contributed by atoms with Crippen molar-refractivity contribution < 1.29 is 19.1 Å². The first-order valence-corrected chi connectivity index (χ1v) is 9.64. The molecule has 0 aromatic rings. The molecule has 1 saturated carbocycles. The maximum absolute atomic E-state index is 12.9. The van der Waals surface area contributed by atoms with Crippen LogP contribution < -0.4 is 0 Å². The van der Waals surface area contributed by atoms with Gasteiger partial charge in [-0.3, -0.25) is 4.79 Å². The van der Waals surface area contributed by atoms with Crippen LogP contribution in [0.3, 0.4) is 0 Å². The molecule has 2 aliphatic rings. The summed E-state index contributed by atoms with van der Waals surface area (Å²) in [7, 11) is 3.02. The van der Waals surface area contributed by atoms with Crippen LogP contribution in [-0.4, -0.2) is 32.6 Å². The maximum Gasteiger partial charge on any atom is 0.330 e. The lowest BCUT2D eigenvalue weighted by atomic mass is 9.48. The van der Waals surface area contributed by atoms with Crippen molar-refractivity contribution in [3.05, 3.63) is 23.3 Å². The molecule has 0 bridgehead atoms.